The number of carbonyl (C=O) groups is 1. The molecule has 1 aliphatic carbocycles. The lowest BCUT2D eigenvalue weighted by molar-refractivity contribution is -0.111. The molecule has 0 spiro atoms. The Labute approximate surface area is 84.3 Å². The summed E-state index contributed by atoms with van der Waals surface area (Å²) in [4.78, 5) is 11.2. The molecule has 0 saturated heterocycles. The first-order valence-corrected chi connectivity index (χ1v) is 4.65. The van der Waals surface area contributed by atoms with Crippen molar-refractivity contribution in [3.05, 3.63) is 23.8 Å². The minimum Gasteiger partial charge on any atom is -0.396 e. The normalized spacial score (nSPS) is 25.8. The maximum absolute atomic E-state index is 11.2. The number of aliphatic hydroxyl groups is 1. The average Bonchev–Trinajstić information content (AvgIpc) is 2.20. The third-order valence-electron chi connectivity index (χ3n) is 2.41. The molecule has 0 radical (unpaired) electrons. The molecule has 0 aromatic rings. The zero-order chi connectivity index (χ0) is 10.6. The smallest absolute Gasteiger partial charge is 0.181 e. The summed E-state index contributed by atoms with van der Waals surface area (Å²) in [6.45, 7) is 1.88. The lowest BCUT2D eigenvalue weighted by Crippen LogP contribution is -2.19. The molecular formula is C12H14O2. The highest BCUT2D eigenvalue weighted by Crippen LogP contribution is 2.31. The van der Waals surface area contributed by atoms with E-state index in [9.17, 15) is 4.79 Å². The van der Waals surface area contributed by atoms with Crippen molar-refractivity contribution in [1.82, 2.24) is 0 Å². The van der Waals surface area contributed by atoms with Crippen molar-refractivity contribution in [2.24, 2.45) is 5.41 Å². The molecule has 0 heterocycles. The van der Waals surface area contributed by atoms with Crippen LogP contribution < -0.4 is 0 Å². The fourth-order valence-corrected chi connectivity index (χ4v) is 1.55. The van der Waals surface area contributed by atoms with Crippen molar-refractivity contribution in [3.63, 3.8) is 0 Å². The highest BCUT2D eigenvalue weighted by atomic mass is 16.2. The van der Waals surface area contributed by atoms with Crippen LogP contribution in [0.3, 0.4) is 0 Å². The summed E-state index contributed by atoms with van der Waals surface area (Å²) in [6, 6.07) is 0. The molecule has 0 saturated carbocycles. The maximum Gasteiger partial charge on any atom is 0.181 e. The van der Waals surface area contributed by atoms with Gasteiger partial charge in [0.15, 0.2) is 5.78 Å². The van der Waals surface area contributed by atoms with Crippen molar-refractivity contribution in [3.8, 4) is 12.3 Å². The predicted molar refractivity (Wildman–Crippen MR) is 55.5 cm³/mol. The van der Waals surface area contributed by atoms with Crippen LogP contribution in [0.25, 0.3) is 0 Å². The van der Waals surface area contributed by atoms with Crippen LogP contribution in [0.5, 0.6) is 0 Å². The number of rotatable bonds is 3. The number of carbonyl (C=O) groups excluding carboxylic acids is 1. The highest BCUT2D eigenvalue weighted by Gasteiger charge is 2.25. The fraction of sp³-hybridized carbons (Fsp3) is 0.417. The molecule has 0 amide bonds. The van der Waals surface area contributed by atoms with Crippen LogP contribution in [0, 0.1) is 17.8 Å². The van der Waals surface area contributed by atoms with Crippen LogP contribution in [-0.2, 0) is 4.79 Å². The lowest BCUT2D eigenvalue weighted by atomic mass is 9.78. The van der Waals surface area contributed by atoms with Crippen LogP contribution in [0.15, 0.2) is 23.8 Å². The minimum atomic E-state index is -0.472. The van der Waals surface area contributed by atoms with Gasteiger partial charge in [-0.15, -0.1) is 6.42 Å². The monoisotopic (exact) mass is 190 g/mol. The van der Waals surface area contributed by atoms with Gasteiger partial charge in [-0.05, 0) is 31.4 Å². The third-order valence-corrected chi connectivity index (χ3v) is 2.41. The Hall–Kier alpha value is -1.33. The number of allylic oxidation sites excluding steroid dienone is 4. The Kier molecular flexibility index (Phi) is 3.27. The number of hydrogen-bond donors (Lipinski definition) is 1. The van der Waals surface area contributed by atoms with E-state index < -0.39 is 5.41 Å². The molecule has 0 aliphatic heterocycles. The summed E-state index contributed by atoms with van der Waals surface area (Å²) >= 11 is 0. The Morgan fingerprint density at radius 1 is 1.64 bits per heavy atom. The Bertz CT molecular complexity index is 331. The van der Waals surface area contributed by atoms with Crippen LogP contribution in [0.2, 0.25) is 0 Å². The first kappa shape index (κ1) is 10.7. The summed E-state index contributed by atoms with van der Waals surface area (Å²) < 4.78 is 0. The molecule has 0 aromatic carbocycles. The molecule has 1 N–H and O–H groups in total. The van der Waals surface area contributed by atoms with Crippen LogP contribution in [0.4, 0.5) is 0 Å². The van der Waals surface area contributed by atoms with Gasteiger partial charge in [0.2, 0.25) is 0 Å². The zero-order valence-corrected chi connectivity index (χ0v) is 8.29. The number of terminal acetylenes is 1. The van der Waals surface area contributed by atoms with Gasteiger partial charge in [-0.25, -0.2) is 0 Å². The molecule has 2 nitrogen and oxygen atoms in total. The van der Waals surface area contributed by atoms with Crippen molar-refractivity contribution in [1.29, 1.82) is 0 Å². The van der Waals surface area contributed by atoms with E-state index in [-0.39, 0.29) is 12.4 Å². The molecule has 1 rings (SSSR count). The van der Waals surface area contributed by atoms with E-state index in [4.69, 9.17) is 11.5 Å². The van der Waals surface area contributed by atoms with E-state index in [1.807, 2.05) is 6.08 Å². The van der Waals surface area contributed by atoms with Gasteiger partial charge in [-0.3, -0.25) is 4.79 Å². The Morgan fingerprint density at radius 3 is 2.86 bits per heavy atom. The van der Waals surface area contributed by atoms with Crippen LogP contribution >= 0.6 is 0 Å². The first-order valence-electron chi connectivity index (χ1n) is 4.65. The summed E-state index contributed by atoms with van der Waals surface area (Å²) in [6.07, 6.45) is 11.9. The van der Waals surface area contributed by atoms with Gasteiger partial charge in [0, 0.05) is 6.61 Å². The van der Waals surface area contributed by atoms with Gasteiger partial charge < -0.3 is 5.11 Å². The van der Waals surface area contributed by atoms with E-state index in [0.717, 1.165) is 0 Å². The van der Waals surface area contributed by atoms with Crippen LogP contribution in [0.1, 0.15) is 19.8 Å². The number of aliphatic hydroxyl groups excluding tert-OH is 1. The zero-order valence-electron chi connectivity index (χ0n) is 8.29. The first-order chi connectivity index (χ1) is 6.63. The minimum absolute atomic E-state index is 0.0138. The molecule has 0 fully saturated rings. The van der Waals surface area contributed by atoms with Crippen molar-refractivity contribution >= 4 is 5.78 Å². The number of hydrogen-bond acceptors (Lipinski definition) is 2. The third kappa shape index (κ3) is 2.12. The topological polar surface area (TPSA) is 37.3 Å². The predicted octanol–water partition coefficient (Wildman–Crippen LogP) is 1.46. The van der Waals surface area contributed by atoms with Crippen LogP contribution in [-0.4, -0.2) is 17.5 Å². The largest absolute Gasteiger partial charge is 0.396 e. The maximum atomic E-state index is 11.2. The second-order valence-electron chi connectivity index (χ2n) is 3.54. The highest BCUT2D eigenvalue weighted by molar-refractivity contribution is 6.04. The van der Waals surface area contributed by atoms with E-state index in [1.165, 1.54) is 6.08 Å². The molecule has 14 heavy (non-hydrogen) atoms. The van der Waals surface area contributed by atoms with Gasteiger partial charge >= 0.3 is 0 Å². The summed E-state index contributed by atoms with van der Waals surface area (Å²) in [5, 5.41) is 8.74. The number of ketones is 1. The summed E-state index contributed by atoms with van der Waals surface area (Å²) in [5.74, 6) is 2.69. The second-order valence-corrected chi connectivity index (χ2v) is 3.54. The Balaban J connectivity index is 2.88. The van der Waals surface area contributed by atoms with E-state index in [2.05, 4.69) is 5.92 Å². The molecule has 0 bridgehead atoms. The van der Waals surface area contributed by atoms with Gasteiger partial charge in [-0.2, -0.15) is 0 Å². The van der Waals surface area contributed by atoms with E-state index in [1.54, 1.807) is 13.0 Å². The van der Waals surface area contributed by atoms with Gasteiger partial charge in [0.25, 0.3) is 0 Å². The standard InChI is InChI=1S/C12H14O2/c1-3-12(6-4-8-13)7-5-11(14)10(2)9-12/h1,5,7,9,13H,4,6,8H2,2H3. The molecule has 74 valence electrons. The SMILES string of the molecule is C#CC1(CCCO)C=CC(=O)C(C)=C1. The van der Waals surface area contributed by atoms with E-state index in [0.29, 0.717) is 18.4 Å². The van der Waals surface area contributed by atoms with Gasteiger partial charge in [0.1, 0.15) is 0 Å². The molecule has 1 atom stereocenters. The molecule has 1 aliphatic rings. The average molecular weight is 190 g/mol. The second kappa shape index (κ2) is 4.26. The Morgan fingerprint density at radius 2 is 2.36 bits per heavy atom. The lowest BCUT2D eigenvalue weighted by Gasteiger charge is -2.24. The van der Waals surface area contributed by atoms with Gasteiger partial charge in [-0.1, -0.05) is 18.1 Å². The molecule has 0 aromatic heterocycles. The molecule has 2 heteroatoms. The summed E-state index contributed by atoms with van der Waals surface area (Å²) in [7, 11) is 0. The summed E-state index contributed by atoms with van der Waals surface area (Å²) in [5.41, 5.74) is 0.212. The van der Waals surface area contributed by atoms with E-state index >= 15 is 0 Å². The van der Waals surface area contributed by atoms with Crippen molar-refractivity contribution < 1.29 is 9.90 Å². The molecular weight excluding hydrogens is 176 g/mol. The molecule has 1 unspecified atom stereocenters. The van der Waals surface area contributed by atoms with Crippen molar-refractivity contribution in [2.75, 3.05) is 6.61 Å². The van der Waals surface area contributed by atoms with Crippen molar-refractivity contribution in [2.45, 2.75) is 19.8 Å². The quantitative estimate of drug-likeness (QED) is 0.684. The van der Waals surface area contributed by atoms with Gasteiger partial charge in [0.05, 0.1) is 5.41 Å². The fourth-order valence-electron chi connectivity index (χ4n) is 1.55.